The molecule has 140 valence electrons. The highest BCUT2D eigenvalue weighted by Crippen LogP contribution is 2.31. The molecule has 26 heavy (non-hydrogen) atoms. The maximum atomic E-state index is 12.5. The minimum atomic E-state index is -4.45. The maximum Gasteiger partial charge on any atom is 0.417 e. The summed E-state index contributed by atoms with van der Waals surface area (Å²) in [6.45, 7) is 5.30. The van der Waals surface area contributed by atoms with Gasteiger partial charge in [-0.25, -0.2) is 9.78 Å². The predicted molar refractivity (Wildman–Crippen MR) is 87.2 cm³/mol. The molecule has 0 aliphatic rings. The van der Waals surface area contributed by atoms with Gasteiger partial charge in [0.05, 0.1) is 12.2 Å². The Morgan fingerprint density at radius 3 is 2.50 bits per heavy atom. The number of benzene rings is 1. The number of carbonyl (C=O) groups excluding carboxylic acids is 1. The van der Waals surface area contributed by atoms with Gasteiger partial charge in [-0.2, -0.15) is 13.2 Å². The van der Waals surface area contributed by atoms with Crippen LogP contribution >= 0.6 is 0 Å². The van der Waals surface area contributed by atoms with Gasteiger partial charge in [-0.3, -0.25) is 0 Å². The van der Waals surface area contributed by atoms with Gasteiger partial charge in [0, 0.05) is 12.3 Å². The number of carbonyl (C=O) groups is 1. The second-order valence-corrected chi connectivity index (χ2v) is 5.42. The van der Waals surface area contributed by atoms with E-state index in [-0.39, 0.29) is 12.5 Å². The van der Waals surface area contributed by atoms with E-state index in [0.29, 0.717) is 23.3 Å². The van der Waals surface area contributed by atoms with Crippen LogP contribution in [0.15, 0.2) is 36.5 Å². The summed E-state index contributed by atoms with van der Waals surface area (Å²) in [5, 5.41) is 0. The van der Waals surface area contributed by atoms with Crippen LogP contribution in [0.25, 0.3) is 0 Å². The van der Waals surface area contributed by atoms with E-state index in [9.17, 15) is 18.0 Å². The quantitative estimate of drug-likeness (QED) is 0.700. The Labute approximate surface area is 148 Å². The highest BCUT2D eigenvalue weighted by molar-refractivity contribution is 5.74. The molecule has 0 spiro atoms. The summed E-state index contributed by atoms with van der Waals surface area (Å²) in [7, 11) is 0. The molecule has 0 radical (unpaired) electrons. The van der Waals surface area contributed by atoms with Gasteiger partial charge in [0.15, 0.2) is 6.10 Å². The summed E-state index contributed by atoms with van der Waals surface area (Å²) in [5.74, 6) is 0.413. The number of ether oxygens (including phenoxy) is 3. The van der Waals surface area contributed by atoms with Gasteiger partial charge in [0.1, 0.15) is 11.5 Å². The maximum absolute atomic E-state index is 12.5. The SMILES string of the molecule is CCOC(=O)C(C)Oc1ccc(Oc2ccc(C(F)(F)F)cn2)cc1C. The van der Waals surface area contributed by atoms with Crippen LogP contribution in [-0.2, 0) is 15.7 Å². The van der Waals surface area contributed by atoms with Gasteiger partial charge in [-0.05, 0) is 50.6 Å². The molecule has 0 saturated carbocycles. The van der Waals surface area contributed by atoms with Crippen molar-refractivity contribution in [2.45, 2.75) is 33.1 Å². The van der Waals surface area contributed by atoms with Crippen molar-refractivity contribution >= 4 is 5.97 Å². The molecule has 1 heterocycles. The van der Waals surface area contributed by atoms with Crippen LogP contribution in [0, 0.1) is 6.92 Å². The second kappa shape index (κ2) is 8.07. The highest BCUT2D eigenvalue weighted by atomic mass is 19.4. The van der Waals surface area contributed by atoms with Crippen molar-refractivity contribution in [3.05, 3.63) is 47.7 Å². The first-order valence-electron chi connectivity index (χ1n) is 7.85. The van der Waals surface area contributed by atoms with E-state index < -0.39 is 23.8 Å². The van der Waals surface area contributed by atoms with Crippen LogP contribution in [0.2, 0.25) is 0 Å². The largest absolute Gasteiger partial charge is 0.479 e. The van der Waals surface area contributed by atoms with Gasteiger partial charge >= 0.3 is 12.1 Å². The molecular weight excluding hydrogens is 351 g/mol. The topological polar surface area (TPSA) is 57.7 Å². The van der Waals surface area contributed by atoms with Crippen LogP contribution < -0.4 is 9.47 Å². The zero-order chi connectivity index (χ0) is 19.3. The number of alkyl halides is 3. The van der Waals surface area contributed by atoms with Crippen LogP contribution in [0.5, 0.6) is 17.4 Å². The first kappa shape index (κ1) is 19.6. The summed E-state index contributed by atoms with van der Waals surface area (Å²) >= 11 is 0. The first-order valence-corrected chi connectivity index (χ1v) is 7.85. The van der Waals surface area contributed by atoms with E-state index in [1.54, 1.807) is 39.0 Å². The van der Waals surface area contributed by atoms with Crippen molar-refractivity contribution in [1.29, 1.82) is 0 Å². The molecule has 1 unspecified atom stereocenters. The Morgan fingerprint density at radius 2 is 1.96 bits per heavy atom. The molecule has 1 aromatic heterocycles. The molecule has 0 saturated heterocycles. The Kier molecular flexibility index (Phi) is 6.07. The third kappa shape index (κ3) is 5.11. The van der Waals surface area contributed by atoms with Crippen molar-refractivity contribution in [1.82, 2.24) is 4.98 Å². The summed E-state index contributed by atoms with van der Waals surface area (Å²) in [4.78, 5) is 15.3. The van der Waals surface area contributed by atoms with Crippen molar-refractivity contribution in [2.24, 2.45) is 0 Å². The average molecular weight is 369 g/mol. The first-order chi connectivity index (χ1) is 12.2. The molecule has 2 rings (SSSR count). The minimum Gasteiger partial charge on any atom is -0.479 e. The molecule has 0 aliphatic carbocycles. The summed E-state index contributed by atoms with van der Waals surface area (Å²) < 4.78 is 53.4. The average Bonchev–Trinajstić information content (AvgIpc) is 2.57. The van der Waals surface area contributed by atoms with Crippen molar-refractivity contribution in [2.75, 3.05) is 6.61 Å². The molecule has 0 bridgehead atoms. The number of halogens is 3. The fourth-order valence-corrected chi connectivity index (χ4v) is 2.04. The number of hydrogen-bond donors (Lipinski definition) is 0. The molecule has 0 N–H and O–H groups in total. The fourth-order valence-electron chi connectivity index (χ4n) is 2.04. The lowest BCUT2D eigenvalue weighted by Crippen LogP contribution is -2.26. The van der Waals surface area contributed by atoms with E-state index in [2.05, 4.69) is 4.98 Å². The van der Waals surface area contributed by atoms with Crippen LogP contribution in [0.3, 0.4) is 0 Å². The summed E-state index contributed by atoms with van der Waals surface area (Å²) in [6, 6.07) is 6.84. The third-order valence-electron chi connectivity index (χ3n) is 3.35. The Hall–Kier alpha value is -2.77. The van der Waals surface area contributed by atoms with E-state index in [1.165, 1.54) is 0 Å². The second-order valence-electron chi connectivity index (χ2n) is 5.42. The molecule has 0 fully saturated rings. The van der Waals surface area contributed by atoms with Gasteiger partial charge in [-0.15, -0.1) is 0 Å². The number of pyridine rings is 1. The zero-order valence-corrected chi connectivity index (χ0v) is 14.5. The van der Waals surface area contributed by atoms with Crippen molar-refractivity contribution in [3.63, 3.8) is 0 Å². The Bertz CT molecular complexity index is 760. The normalized spacial score (nSPS) is 12.4. The smallest absolute Gasteiger partial charge is 0.417 e. The lowest BCUT2D eigenvalue weighted by atomic mass is 10.2. The van der Waals surface area contributed by atoms with E-state index >= 15 is 0 Å². The monoisotopic (exact) mass is 369 g/mol. The zero-order valence-electron chi connectivity index (χ0n) is 14.5. The molecule has 8 heteroatoms. The lowest BCUT2D eigenvalue weighted by Gasteiger charge is -2.16. The predicted octanol–water partition coefficient (Wildman–Crippen LogP) is 4.53. The van der Waals surface area contributed by atoms with Gasteiger partial charge in [0.2, 0.25) is 5.88 Å². The van der Waals surface area contributed by atoms with Gasteiger partial charge in [-0.1, -0.05) is 0 Å². The standard InChI is InChI=1S/C18H18F3NO4/c1-4-24-17(23)12(3)25-15-7-6-14(9-11(15)2)26-16-8-5-13(10-22-16)18(19,20)21/h5-10,12H,4H2,1-3H3. The molecule has 0 amide bonds. The van der Waals surface area contributed by atoms with E-state index in [1.807, 2.05) is 0 Å². The molecule has 5 nitrogen and oxygen atoms in total. The summed E-state index contributed by atoms with van der Waals surface area (Å²) in [6.07, 6.45) is -4.51. The summed E-state index contributed by atoms with van der Waals surface area (Å²) in [5.41, 5.74) is -0.164. The van der Waals surface area contributed by atoms with Gasteiger partial charge < -0.3 is 14.2 Å². The minimum absolute atomic E-state index is 0.0333. The van der Waals surface area contributed by atoms with E-state index in [0.717, 1.165) is 12.1 Å². The molecular formula is C18H18F3NO4. The number of nitrogens with zero attached hydrogens (tertiary/aromatic N) is 1. The number of aromatic nitrogens is 1. The van der Waals surface area contributed by atoms with Crippen LogP contribution in [-0.4, -0.2) is 23.7 Å². The molecule has 1 atom stereocenters. The van der Waals surface area contributed by atoms with Crippen LogP contribution in [0.4, 0.5) is 13.2 Å². The van der Waals surface area contributed by atoms with E-state index in [4.69, 9.17) is 14.2 Å². The number of rotatable bonds is 6. The molecule has 0 aliphatic heterocycles. The Morgan fingerprint density at radius 1 is 1.23 bits per heavy atom. The fraction of sp³-hybridized carbons (Fsp3) is 0.333. The highest BCUT2D eigenvalue weighted by Gasteiger charge is 2.30. The van der Waals surface area contributed by atoms with Crippen molar-refractivity contribution in [3.8, 4) is 17.4 Å². The number of hydrogen-bond acceptors (Lipinski definition) is 5. The van der Waals surface area contributed by atoms with Gasteiger partial charge in [0.25, 0.3) is 0 Å². The van der Waals surface area contributed by atoms with Crippen molar-refractivity contribution < 1.29 is 32.2 Å². The number of aryl methyl sites for hydroxylation is 1. The Balaban J connectivity index is 2.06. The number of esters is 1. The molecule has 2 aromatic rings. The molecule has 1 aromatic carbocycles. The lowest BCUT2D eigenvalue weighted by molar-refractivity contribution is -0.150. The third-order valence-corrected chi connectivity index (χ3v) is 3.35. The van der Waals surface area contributed by atoms with Crippen LogP contribution in [0.1, 0.15) is 25.0 Å².